The zero-order valence-corrected chi connectivity index (χ0v) is 16.7. The molecular formula is C21H19F4N3O3. The molecule has 0 saturated carbocycles. The first-order valence-corrected chi connectivity index (χ1v) is 9.42. The lowest BCUT2D eigenvalue weighted by Crippen LogP contribution is -2.34. The summed E-state index contributed by atoms with van der Waals surface area (Å²) in [5, 5.41) is 4.96. The molecule has 0 spiro atoms. The molecule has 1 amide bonds. The highest BCUT2D eigenvalue weighted by Gasteiger charge is 2.40. The fraction of sp³-hybridized carbons (Fsp3) is 0.333. The van der Waals surface area contributed by atoms with E-state index in [-0.39, 0.29) is 35.7 Å². The Hall–Kier alpha value is -3.30. The lowest BCUT2D eigenvalue weighted by Gasteiger charge is -2.16. The predicted octanol–water partition coefficient (Wildman–Crippen LogP) is 4.34. The third kappa shape index (κ3) is 4.89. The van der Waals surface area contributed by atoms with Gasteiger partial charge in [0, 0.05) is 18.4 Å². The van der Waals surface area contributed by atoms with Gasteiger partial charge in [0.25, 0.3) is 11.8 Å². The maximum absolute atomic E-state index is 13.9. The molecule has 0 radical (unpaired) electrons. The summed E-state index contributed by atoms with van der Waals surface area (Å²) in [5.74, 6) is -5.51. The standard InChI is InChI=1S/C21H19F4N3O3/c1-3-21(24,25)14-6-4-5-13(9-14)10-16(29)18-12(2)27-28(19(18)30)17-8-7-15(11-26-17)31-20(22)23/h4-9,11,18,20H,3,10H2,1-2H3. The molecule has 0 saturated heterocycles. The number of alkyl halides is 4. The molecule has 3 rings (SSSR count). The van der Waals surface area contributed by atoms with Crippen molar-refractivity contribution in [2.24, 2.45) is 11.0 Å². The Morgan fingerprint density at radius 3 is 2.61 bits per heavy atom. The highest BCUT2D eigenvalue weighted by atomic mass is 19.3. The number of nitrogens with zero attached hydrogens (tertiary/aromatic N) is 3. The number of pyridine rings is 1. The minimum Gasteiger partial charge on any atom is -0.433 e. The van der Waals surface area contributed by atoms with Crippen LogP contribution in [-0.2, 0) is 21.9 Å². The summed E-state index contributed by atoms with van der Waals surface area (Å²) in [5.41, 5.74) is 0.390. The largest absolute Gasteiger partial charge is 0.433 e. The van der Waals surface area contributed by atoms with Gasteiger partial charge in [0.2, 0.25) is 0 Å². The van der Waals surface area contributed by atoms with Crippen molar-refractivity contribution < 1.29 is 31.9 Å². The van der Waals surface area contributed by atoms with Crippen LogP contribution in [-0.4, -0.2) is 29.0 Å². The minimum atomic E-state index is -3.01. The summed E-state index contributed by atoms with van der Waals surface area (Å²) >= 11 is 0. The molecule has 10 heteroatoms. The number of rotatable bonds is 8. The van der Waals surface area contributed by atoms with Gasteiger partial charge in [0.15, 0.2) is 11.6 Å². The van der Waals surface area contributed by atoms with Gasteiger partial charge in [-0.25, -0.2) is 13.8 Å². The van der Waals surface area contributed by atoms with Gasteiger partial charge in [-0.3, -0.25) is 9.59 Å². The number of ether oxygens (including phenoxy) is 1. The molecule has 1 aliphatic rings. The Labute approximate surface area is 175 Å². The second kappa shape index (κ2) is 8.83. The van der Waals surface area contributed by atoms with Gasteiger partial charge in [0.1, 0.15) is 11.7 Å². The van der Waals surface area contributed by atoms with E-state index >= 15 is 0 Å². The molecule has 0 N–H and O–H groups in total. The third-order valence-corrected chi connectivity index (χ3v) is 4.79. The Morgan fingerprint density at radius 2 is 2.00 bits per heavy atom. The predicted molar refractivity (Wildman–Crippen MR) is 104 cm³/mol. The van der Waals surface area contributed by atoms with Crippen molar-refractivity contribution in [1.82, 2.24) is 4.98 Å². The second-order valence-corrected chi connectivity index (χ2v) is 6.96. The van der Waals surface area contributed by atoms with Crippen LogP contribution in [0.2, 0.25) is 0 Å². The summed E-state index contributed by atoms with van der Waals surface area (Å²) < 4.78 is 56.6. The molecule has 2 aromatic rings. The van der Waals surface area contributed by atoms with Crippen molar-refractivity contribution in [3.8, 4) is 5.75 Å². The molecule has 164 valence electrons. The van der Waals surface area contributed by atoms with Crippen LogP contribution in [0.15, 0.2) is 47.7 Å². The van der Waals surface area contributed by atoms with Crippen LogP contribution in [0.25, 0.3) is 0 Å². The van der Waals surface area contributed by atoms with E-state index in [1.807, 2.05) is 0 Å². The molecule has 1 atom stereocenters. The number of anilines is 1. The average Bonchev–Trinajstić information content (AvgIpc) is 3.02. The van der Waals surface area contributed by atoms with E-state index in [1.165, 1.54) is 44.2 Å². The maximum Gasteiger partial charge on any atom is 0.387 e. The van der Waals surface area contributed by atoms with Crippen molar-refractivity contribution in [3.63, 3.8) is 0 Å². The smallest absolute Gasteiger partial charge is 0.387 e. The summed E-state index contributed by atoms with van der Waals surface area (Å²) in [6, 6.07) is 7.99. The van der Waals surface area contributed by atoms with Crippen LogP contribution in [0.1, 0.15) is 31.4 Å². The molecule has 1 unspecified atom stereocenters. The number of hydrazone groups is 1. The molecule has 0 aliphatic carbocycles. The Bertz CT molecular complexity index is 1010. The zero-order valence-electron chi connectivity index (χ0n) is 16.7. The lowest BCUT2D eigenvalue weighted by molar-refractivity contribution is -0.128. The molecule has 2 heterocycles. The van der Waals surface area contributed by atoms with Crippen LogP contribution in [0.5, 0.6) is 5.75 Å². The Morgan fingerprint density at radius 1 is 1.26 bits per heavy atom. The number of benzene rings is 1. The average molecular weight is 437 g/mol. The molecule has 1 aliphatic heterocycles. The molecule has 6 nitrogen and oxygen atoms in total. The van der Waals surface area contributed by atoms with Gasteiger partial charge in [-0.2, -0.15) is 18.9 Å². The maximum atomic E-state index is 13.9. The first-order chi connectivity index (χ1) is 14.6. The van der Waals surface area contributed by atoms with Crippen molar-refractivity contribution in [1.29, 1.82) is 0 Å². The summed E-state index contributed by atoms with van der Waals surface area (Å²) in [6.45, 7) is -0.154. The number of hydrogen-bond donors (Lipinski definition) is 0. The molecular weight excluding hydrogens is 418 g/mol. The van der Waals surface area contributed by atoms with E-state index in [0.29, 0.717) is 5.56 Å². The Kier molecular flexibility index (Phi) is 6.37. The number of carbonyl (C=O) groups excluding carboxylic acids is 2. The fourth-order valence-corrected chi connectivity index (χ4v) is 3.19. The fourth-order valence-electron chi connectivity index (χ4n) is 3.19. The summed E-state index contributed by atoms with van der Waals surface area (Å²) in [6.07, 6.45) is 0.411. The van der Waals surface area contributed by atoms with Crippen molar-refractivity contribution in [3.05, 3.63) is 53.7 Å². The minimum absolute atomic E-state index is 0.0332. The van der Waals surface area contributed by atoms with Crippen LogP contribution in [0.3, 0.4) is 0 Å². The van der Waals surface area contributed by atoms with E-state index in [9.17, 15) is 27.2 Å². The normalized spacial score (nSPS) is 16.6. The molecule has 31 heavy (non-hydrogen) atoms. The molecule has 1 aromatic heterocycles. The van der Waals surface area contributed by atoms with E-state index in [4.69, 9.17) is 0 Å². The first kappa shape index (κ1) is 22.4. The van der Waals surface area contributed by atoms with Crippen LogP contribution in [0.4, 0.5) is 23.4 Å². The number of aromatic nitrogens is 1. The van der Waals surface area contributed by atoms with Gasteiger partial charge < -0.3 is 4.74 Å². The van der Waals surface area contributed by atoms with Crippen LogP contribution >= 0.6 is 0 Å². The molecule has 0 fully saturated rings. The number of ketones is 1. The number of Topliss-reactive ketones (excluding diaryl/α,β-unsaturated/α-hetero) is 1. The van der Waals surface area contributed by atoms with Crippen molar-refractivity contribution in [2.75, 3.05) is 5.01 Å². The highest BCUT2D eigenvalue weighted by molar-refractivity contribution is 6.27. The van der Waals surface area contributed by atoms with Gasteiger partial charge in [0.05, 0.1) is 11.9 Å². The summed E-state index contributed by atoms with van der Waals surface area (Å²) in [7, 11) is 0. The van der Waals surface area contributed by atoms with Gasteiger partial charge in [-0.1, -0.05) is 25.1 Å². The number of carbonyl (C=O) groups is 2. The molecule has 0 bridgehead atoms. The number of hydrogen-bond acceptors (Lipinski definition) is 5. The Balaban J connectivity index is 1.74. The van der Waals surface area contributed by atoms with Crippen LogP contribution in [0, 0.1) is 5.92 Å². The first-order valence-electron chi connectivity index (χ1n) is 9.42. The van der Waals surface area contributed by atoms with Crippen LogP contribution < -0.4 is 9.75 Å². The SMILES string of the molecule is CCC(F)(F)c1cccc(CC(=O)C2C(=O)N(c3ccc(OC(F)F)cn3)N=C2C)c1. The van der Waals surface area contributed by atoms with E-state index in [0.717, 1.165) is 11.2 Å². The zero-order chi connectivity index (χ0) is 22.8. The van der Waals surface area contributed by atoms with E-state index in [2.05, 4.69) is 14.8 Å². The number of halogens is 4. The van der Waals surface area contributed by atoms with Gasteiger partial charge in [-0.05, 0) is 30.7 Å². The van der Waals surface area contributed by atoms with E-state index < -0.39 is 30.1 Å². The van der Waals surface area contributed by atoms with Gasteiger partial charge >= 0.3 is 6.61 Å². The highest BCUT2D eigenvalue weighted by Crippen LogP contribution is 2.32. The third-order valence-electron chi connectivity index (χ3n) is 4.79. The topological polar surface area (TPSA) is 71.9 Å². The molecule has 1 aromatic carbocycles. The summed E-state index contributed by atoms with van der Waals surface area (Å²) in [4.78, 5) is 29.4. The van der Waals surface area contributed by atoms with Crippen molar-refractivity contribution >= 4 is 23.2 Å². The quantitative estimate of drug-likeness (QED) is 0.455. The lowest BCUT2D eigenvalue weighted by atomic mass is 9.93. The van der Waals surface area contributed by atoms with E-state index in [1.54, 1.807) is 6.07 Å². The second-order valence-electron chi connectivity index (χ2n) is 6.96. The monoisotopic (exact) mass is 437 g/mol. The van der Waals surface area contributed by atoms with Crippen molar-refractivity contribution in [2.45, 2.75) is 39.2 Å². The number of amides is 1. The van der Waals surface area contributed by atoms with Gasteiger partial charge in [-0.15, -0.1) is 0 Å².